The van der Waals surface area contributed by atoms with E-state index in [1.165, 1.54) is 20.1 Å². The largest absolute Gasteiger partial charge is 0.507 e. The first kappa shape index (κ1) is 12.5. The first-order valence-electron chi connectivity index (χ1n) is 4.62. The smallest absolute Gasteiger partial charge is 0.186 e. The summed E-state index contributed by atoms with van der Waals surface area (Å²) in [5.41, 5.74) is 0.532. The minimum atomic E-state index is 0.0354. The lowest BCUT2D eigenvalue weighted by Crippen LogP contribution is -1.85. The summed E-state index contributed by atoms with van der Waals surface area (Å²) < 4.78 is 4.95. The standard InChI is InChI=1S/C12H12O3S/c1-9(13)16-7-3-4-10-5-6-11(15-2)8-12(10)14/h5-6,8,14H,7H2,1-2H3. The molecule has 0 atom stereocenters. The lowest BCUT2D eigenvalue weighted by atomic mass is 10.2. The highest BCUT2D eigenvalue weighted by Gasteiger charge is 1.99. The van der Waals surface area contributed by atoms with Crippen LogP contribution in [0.25, 0.3) is 0 Å². The number of aromatic hydroxyl groups is 1. The molecule has 0 fully saturated rings. The lowest BCUT2D eigenvalue weighted by molar-refractivity contribution is -0.109. The molecule has 84 valence electrons. The molecule has 1 rings (SSSR count). The molecule has 0 aliphatic carbocycles. The Morgan fingerprint density at radius 3 is 2.88 bits per heavy atom. The van der Waals surface area contributed by atoms with Gasteiger partial charge in [-0.15, -0.1) is 0 Å². The molecule has 16 heavy (non-hydrogen) atoms. The maximum absolute atomic E-state index is 10.6. The summed E-state index contributed by atoms with van der Waals surface area (Å²) in [6.07, 6.45) is 0. The Morgan fingerprint density at radius 1 is 1.56 bits per heavy atom. The van der Waals surface area contributed by atoms with Crippen molar-refractivity contribution in [1.82, 2.24) is 0 Å². The van der Waals surface area contributed by atoms with Crippen molar-refractivity contribution in [3.63, 3.8) is 0 Å². The molecule has 1 aromatic carbocycles. The molecule has 0 aliphatic heterocycles. The van der Waals surface area contributed by atoms with Gasteiger partial charge in [-0.05, 0) is 12.1 Å². The molecular formula is C12H12O3S. The van der Waals surface area contributed by atoms with E-state index in [-0.39, 0.29) is 10.9 Å². The van der Waals surface area contributed by atoms with E-state index >= 15 is 0 Å². The Morgan fingerprint density at radius 2 is 2.31 bits per heavy atom. The summed E-state index contributed by atoms with van der Waals surface area (Å²) in [5.74, 6) is 6.69. The normalized spacial score (nSPS) is 9.12. The van der Waals surface area contributed by atoms with Gasteiger partial charge in [-0.3, -0.25) is 4.79 Å². The molecule has 1 aromatic rings. The molecule has 3 nitrogen and oxygen atoms in total. The molecule has 0 spiro atoms. The van der Waals surface area contributed by atoms with Crippen LogP contribution in [0.1, 0.15) is 12.5 Å². The summed E-state index contributed by atoms with van der Waals surface area (Å²) in [7, 11) is 1.53. The van der Waals surface area contributed by atoms with Crippen LogP contribution < -0.4 is 4.74 Å². The van der Waals surface area contributed by atoms with Gasteiger partial charge >= 0.3 is 0 Å². The molecule has 0 saturated carbocycles. The first-order chi connectivity index (χ1) is 7.63. The monoisotopic (exact) mass is 236 g/mol. The molecule has 0 amide bonds. The van der Waals surface area contributed by atoms with Crippen molar-refractivity contribution < 1.29 is 14.6 Å². The zero-order valence-corrected chi connectivity index (χ0v) is 9.93. The van der Waals surface area contributed by atoms with Crippen molar-refractivity contribution in [2.24, 2.45) is 0 Å². The van der Waals surface area contributed by atoms with Crippen molar-refractivity contribution in [1.29, 1.82) is 0 Å². The fourth-order valence-electron chi connectivity index (χ4n) is 1.01. The van der Waals surface area contributed by atoms with Gasteiger partial charge in [-0.2, -0.15) is 0 Å². The fraction of sp³-hybridized carbons (Fsp3) is 0.250. The van der Waals surface area contributed by atoms with Crippen LogP contribution >= 0.6 is 11.8 Å². The van der Waals surface area contributed by atoms with Gasteiger partial charge in [0.05, 0.1) is 18.4 Å². The van der Waals surface area contributed by atoms with Crippen molar-refractivity contribution in [3.8, 4) is 23.3 Å². The number of thioether (sulfide) groups is 1. The predicted molar refractivity (Wildman–Crippen MR) is 64.7 cm³/mol. The van der Waals surface area contributed by atoms with Crippen LogP contribution in [0.5, 0.6) is 11.5 Å². The number of carbonyl (C=O) groups excluding carboxylic acids is 1. The maximum Gasteiger partial charge on any atom is 0.186 e. The minimum Gasteiger partial charge on any atom is -0.507 e. The van der Waals surface area contributed by atoms with E-state index in [9.17, 15) is 9.90 Å². The zero-order chi connectivity index (χ0) is 12.0. The number of methoxy groups -OCH3 is 1. The first-order valence-corrected chi connectivity index (χ1v) is 5.61. The lowest BCUT2D eigenvalue weighted by Gasteiger charge is -2.01. The Labute approximate surface area is 98.8 Å². The van der Waals surface area contributed by atoms with Gasteiger partial charge in [0.1, 0.15) is 11.5 Å². The van der Waals surface area contributed by atoms with Crippen LogP contribution in [-0.2, 0) is 4.79 Å². The highest BCUT2D eigenvalue weighted by atomic mass is 32.2. The number of carbonyl (C=O) groups is 1. The average Bonchev–Trinajstić information content (AvgIpc) is 2.25. The molecule has 4 heteroatoms. The van der Waals surface area contributed by atoms with Crippen LogP contribution in [0, 0.1) is 11.8 Å². The minimum absolute atomic E-state index is 0.0354. The van der Waals surface area contributed by atoms with E-state index in [0.29, 0.717) is 17.1 Å². The topological polar surface area (TPSA) is 46.5 Å². The number of benzene rings is 1. The fourth-order valence-corrected chi connectivity index (χ4v) is 1.36. The van der Waals surface area contributed by atoms with E-state index < -0.39 is 0 Å². The Bertz CT molecular complexity index is 443. The zero-order valence-electron chi connectivity index (χ0n) is 9.11. The Kier molecular flexibility index (Phi) is 4.74. The van der Waals surface area contributed by atoms with E-state index in [0.717, 1.165) is 11.8 Å². The summed E-state index contributed by atoms with van der Waals surface area (Å²) >= 11 is 1.15. The van der Waals surface area contributed by atoms with Crippen molar-refractivity contribution in [2.45, 2.75) is 6.92 Å². The Balaban J connectivity index is 2.70. The molecule has 0 aliphatic rings. The summed E-state index contributed by atoms with van der Waals surface area (Å²) in [6.45, 7) is 1.50. The summed E-state index contributed by atoms with van der Waals surface area (Å²) in [4.78, 5) is 10.6. The molecular weight excluding hydrogens is 224 g/mol. The highest BCUT2D eigenvalue weighted by Crippen LogP contribution is 2.22. The van der Waals surface area contributed by atoms with E-state index in [2.05, 4.69) is 11.8 Å². The van der Waals surface area contributed by atoms with Gasteiger partial charge in [0.2, 0.25) is 0 Å². The molecule has 0 bridgehead atoms. The van der Waals surface area contributed by atoms with Gasteiger partial charge in [-0.1, -0.05) is 23.6 Å². The van der Waals surface area contributed by atoms with Gasteiger partial charge in [0, 0.05) is 13.0 Å². The second kappa shape index (κ2) is 6.09. The second-order valence-corrected chi connectivity index (χ2v) is 4.12. The average molecular weight is 236 g/mol. The number of hydrogen-bond donors (Lipinski definition) is 1. The quantitative estimate of drug-likeness (QED) is 0.798. The van der Waals surface area contributed by atoms with Gasteiger partial charge in [0.25, 0.3) is 0 Å². The molecule has 0 unspecified atom stereocenters. The molecule has 0 saturated heterocycles. The molecule has 0 radical (unpaired) electrons. The van der Waals surface area contributed by atoms with Gasteiger partial charge in [0.15, 0.2) is 5.12 Å². The van der Waals surface area contributed by atoms with E-state index in [1.807, 2.05) is 0 Å². The van der Waals surface area contributed by atoms with Crippen molar-refractivity contribution in [2.75, 3.05) is 12.9 Å². The Hall–Kier alpha value is -1.60. The van der Waals surface area contributed by atoms with Crippen LogP contribution in [-0.4, -0.2) is 23.1 Å². The van der Waals surface area contributed by atoms with Gasteiger partial charge < -0.3 is 9.84 Å². The highest BCUT2D eigenvalue weighted by molar-refractivity contribution is 8.13. The van der Waals surface area contributed by atoms with Crippen molar-refractivity contribution in [3.05, 3.63) is 23.8 Å². The molecule has 0 aromatic heterocycles. The maximum atomic E-state index is 10.6. The van der Waals surface area contributed by atoms with Crippen molar-refractivity contribution >= 4 is 16.9 Å². The van der Waals surface area contributed by atoms with Crippen LogP contribution in [0.3, 0.4) is 0 Å². The predicted octanol–water partition coefficient (Wildman–Crippen LogP) is 2.03. The third-order valence-corrected chi connectivity index (χ3v) is 2.47. The summed E-state index contributed by atoms with van der Waals surface area (Å²) in [6, 6.07) is 4.91. The number of phenols is 1. The number of rotatable bonds is 2. The molecule has 1 N–H and O–H groups in total. The van der Waals surface area contributed by atoms with Crippen LogP contribution in [0.4, 0.5) is 0 Å². The SMILES string of the molecule is COc1ccc(C#CCSC(C)=O)c(O)c1. The number of hydrogen-bond acceptors (Lipinski definition) is 4. The molecule has 0 heterocycles. The van der Waals surface area contributed by atoms with Crippen LogP contribution in [0.15, 0.2) is 18.2 Å². The number of phenolic OH excluding ortho intramolecular Hbond substituents is 1. The van der Waals surface area contributed by atoms with E-state index in [4.69, 9.17) is 4.74 Å². The second-order valence-electron chi connectivity index (χ2n) is 2.97. The summed E-state index contributed by atoms with van der Waals surface area (Å²) in [5, 5.41) is 9.61. The number of ether oxygens (including phenoxy) is 1. The van der Waals surface area contributed by atoms with E-state index in [1.54, 1.807) is 12.1 Å². The van der Waals surface area contributed by atoms with Crippen LogP contribution in [0.2, 0.25) is 0 Å². The van der Waals surface area contributed by atoms with Gasteiger partial charge in [-0.25, -0.2) is 0 Å². The third-order valence-electron chi connectivity index (χ3n) is 1.78. The third kappa shape index (κ3) is 3.87.